The van der Waals surface area contributed by atoms with E-state index in [0.717, 1.165) is 37.1 Å². The predicted octanol–water partition coefficient (Wildman–Crippen LogP) is 15.7. The molecular formula is C58H45N. The number of benzene rings is 7. The molecule has 0 radical (unpaired) electrons. The smallest absolute Gasteiger partial charge is 0.0458 e. The van der Waals surface area contributed by atoms with Crippen molar-refractivity contribution in [1.29, 1.82) is 0 Å². The van der Waals surface area contributed by atoms with Crippen molar-refractivity contribution >= 4 is 33.8 Å². The van der Waals surface area contributed by atoms with Crippen LogP contribution in [0.25, 0.3) is 55.8 Å². The highest BCUT2D eigenvalue weighted by Gasteiger charge is 2.20. The lowest BCUT2D eigenvalue weighted by Crippen LogP contribution is -2.16. The molecule has 0 heterocycles. The Balaban J connectivity index is 1.06. The second kappa shape index (κ2) is 16.3. The van der Waals surface area contributed by atoms with Crippen molar-refractivity contribution in [2.75, 3.05) is 4.90 Å². The van der Waals surface area contributed by atoms with Crippen LogP contribution in [-0.2, 0) is 6.42 Å². The Bertz CT molecular complexity index is 2870. The van der Waals surface area contributed by atoms with E-state index in [0.29, 0.717) is 0 Å². The van der Waals surface area contributed by atoms with Gasteiger partial charge in [-0.15, -0.1) is 0 Å². The maximum absolute atomic E-state index is 2.44. The Labute approximate surface area is 348 Å². The zero-order valence-corrected chi connectivity index (χ0v) is 33.1. The fourth-order valence-electron chi connectivity index (χ4n) is 8.83. The molecular weight excluding hydrogens is 711 g/mol. The summed E-state index contributed by atoms with van der Waals surface area (Å²) in [4.78, 5) is 2.44. The fraction of sp³-hybridized carbons (Fsp3) is 0.0690. The van der Waals surface area contributed by atoms with Gasteiger partial charge in [0.25, 0.3) is 0 Å². The highest BCUT2D eigenvalue weighted by Crippen LogP contribution is 2.40. The third-order valence-corrected chi connectivity index (χ3v) is 11.8. The standard InChI is InChI=1S/C58H45N/c1-2-5-16-44(15-4-1)57-28-14-23-52(41-58(57)47-17-6-3-7-18-47)59(51-39-35-49(36-40-51)56-27-13-22-46-20-9-11-25-54(46)56)50-37-33-43(34-38-50)42-29-31-48(32-30-42)55-26-12-21-45-19-8-10-24-53(45)55/h1,3-7,9-18,20-22,24-41H,2,8,19,23H2. The second-order valence-electron chi connectivity index (χ2n) is 15.5. The molecule has 0 spiro atoms. The van der Waals surface area contributed by atoms with Crippen molar-refractivity contribution in [1.82, 2.24) is 0 Å². The molecule has 1 heteroatoms. The van der Waals surface area contributed by atoms with Gasteiger partial charge >= 0.3 is 0 Å². The minimum atomic E-state index is 0.777. The molecule has 0 aromatic heterocycles. The SMILES string of the molecule is C1=CCC=CC(C2=C(c3ccccc3)C=C(N(c3ccc(-c4ccc(-c5cccc6c5C=CCC6)cc4)cc3)c3ccc(-c4cccc5ccccc45)cc3)CC=C2)=C1. The summed E-state index contributed by atoms with van der Waals surface area (Å²) in [5, 5.41) is 2.52. The summed E-state index contributed by atoms with van der Waals surface area (Å²) < 4.78 is 0. The minimum Gasteiger partial charge on any atom is -0.314 e. The van der Waals surface area contributed by atoms with Gasteiger partial charge in [-0.1, -0.05) is 194 Å². The zero-order valence-electron chi connectivity index (χ0n) is 33.1. The first-order valence-corrected chi connectivity index (χ1v) is 20.8. The van der Waals surface area contributed by atoms with Crippen LogP contribution in [0, 0.1) is 0 Å². The van der Waals surface area contributed by atoms with Crippen molar-refractivity contribution in [3.63, 3.8) is 0 Å². The molecule has 7 aromatic carbocycles. The van der Waals surface area contributed by atoms with Gasteiger partial charge in [0.1, 0.15) is 0 Å². The summed E-state index contributed by atoms with van der Waals surface area (Å²) in [5.74, 6) is 0. The third kappa shape index (κ3) is 7.40. The van der Waals surface area contributed by atoms with Crippen molar-refractivity contribution in [3.8, 4) is 33.4 Å². The van der Waals surface area contributed by atoms with E-state index in [-0.39, 0.29) is 0 Å². The van der Waals surface area contributed by atoms with Crippen LogP contribution in [0.2, 0.25) is 0 Å². The number of hydrogen-bond donors (Lipinski definition) is 0. The summed E-state index contributed by atoms with van der Waals surface area (Å²) in [6.07, 6.45) is 26.7. The number of fused-ring (bicyclic) bond motifs is 2. The molecule has 0 saturated carbocycles. The number of hydrogen-bond acceptors (Lipinski definition) is 1. The van der Waals surface area contributed by atoms with Crippen LogP contribution >= 0.6 is 0 Å². The number of aryl methyl sites for hydroxylation is 1. The van der Waals surface area contributed by atoms with E-state index in [1.165, 1.54) is 83.3 Å². The summed E-state index contributed by atoms with van der Waals surface area (Å²) in [6.45, 7) is 0. The van der Waals surface area contributed by atoms with E-state index in [1.54, 1.807) is 0 Å². The minimum absolute atomic E-state index is 0.777. The lowest BCUT2D eigenvalue weighted by Gasteiger charge is -2.28. The normalized spacial score (nSPS) is 14.7. The van der Waals surface area contributed by atoms with Gasteiger partial charge in [0, 0.05) is 23.5 Å². The number of nitrogens with zero attached hydrogens (tertiary/aromatic N) is 1. The highest BCUT2D eigenvalue weighted by atomic mass is 15.1. The molecule has 1 nitrogen and oxygen atoms in total. The molecule has 0 saturated heterocycles. The Kier molecular flexibility index (Phi) is 10.0. The molecule has 0 atom stereocenters. The van der Waals surface area contributed by atoms with Crippen LogP contribution in [0.1, 0.15) is 36.0 Å². The molecule has 0 unspecified atom stereocenters. The van der Waals surface area contributed by atoms with Crippen LogP contribution in [-0.4, -0.2) is 0 Å². The Morgan fingerprint density at radius 3 is 1.92 bits per heavy atom. The molecule has 0 N–H and O–H groups in total. The van der Waals surface area contributed by atoms with E-state index in [2.05, 4.69) is 229 Å². The van der Waals surface area contributed by atoms with Gasteiger partial charge in [-0.2, -0.15) is 0 Å². The Morgan fingerprint density at radius 2 is 1.10 bits per heavy atom. The number of anilines is 2. The third-order valence-electron chi connectivity index (χ3n) is 11.8. The number of rotatable bonds is 8. The maximum atomic E-state index is 2.44. The first kappa shape index (κ1) is 36.1. The average molecular weight is 756 g/mol. The molecule has 0 bridgehead atoms. The quantitative estimate of drug-likeness (QED) is 0.149. The lowest BCUT2D eigenvalue weighted by atomic mass is 9.89. The highest BCUT2D eigenvalue weighted by molar-refractivity contribution is 5.97. The number of allylic oxidation sites excluding steroid dienone is 12. The van der Waals surface area contributed by atoms with E-state index in [1.807, 2.05) is 0 Å². The van der Waals surface area contributed by atoms with E-state index >= 15 is 0 Å². The molecule has 3 aliphatic carbocycles. The van der Waals surface area contributed by atoms with Crippen molar-refractivity contribution < 1.29 is 0 Å². The van der Waals surface area contributed by atoms with Gasteiger partial charge in [0.15, 0.2) is 0 Å². The molecule has 282 valence electrons. The zero-order chi connectivity index (χ0) is 39.4. The maximum Gasteiger partial charge on any atom is 0.0458 e. The summed E-state index contributed by atoms with van der Waals surface area (Å²) in [6, 6.07) is 60.1. The molecule has 3 aliphatic rings. The van der Waals surface area contributed by atoms with Gasteiger partial charge in [-0.3, -0.25) is 0 Å². The summed E-state index contributed by atoms with van der Waals surface area (Å²) in [5.41, 5.74) is 18.5. The van der Waals surface area contributed by atoms with Crippen molar-refractivity contribution in [2.24, 2.45) is 0 Å². The molecule has 0 amide bonds. The largest absolute Gasteiger partial charge is 0.314 e. The van der Waals surface area contributed by atoms with E-state index in [9.17, 15) is 0 Å². The fourth-order valence-corrected chi connectivity index (χ4v) is 8.83. The van der Waals surface area contributed by atoms with E-state index in [4.69, 9.17) is 0 Å². The predicted molar refractivity (Wildman–Crippen MR) is 252 cm³/mol. The molecule has 0 aliphatic heterocycles. The Hall–Kier alpha value is -7.22. The monoisotopic (exact) mass is 755 g/mol. The van der Waals surface area contributed by atoms with Gasteiger partial charge in [-0.25, -0.2) is 0 Å². The average Bonchev–Trinajstić information content (AvgIpc) is 3.72. The topological polar surface area (TPSA) is 3.24 Å². The molecule has 7 aromatic rings. The van der Waals surface area contributed by atoms with E-state index < -0.39 is 0 Å². The van der Waals surface area contributed by atoms with Crippen molar-refractivity contribution in [2.45, 2.75) is 25.7 Å². The molecule has 0 fully saturated rings. The van der Waals surface area contributed by atoms with Gasteiger partial charge in [0.2, 0.25) is 0 Å². The molecule has 59 heavy (non-hydrogen) atoms. The first-order chi connectivity index (χ1) is 29.3. The van der Waals surface area contributed by atoms with Crippen LogP contribution in [0.4, 0.5) is 11.4 Å². The molecule has 10 rings (SSSR count). The van der Waals surface area contributed by atoms with Gasteiger partial charge in [0.05, 0.1) is 0 Å². The van der Waals surface area contributed by atoms with Crippen LogP contribution < -0.4 is 4.90 Å². The van der Waals surface area contributed by atoms with Crippen LogP contribution in [0.3, 0.4) is 0 Å². The summed E-state index contributed by atoms with van der Waals surface area (Å²) in [7, 11) is 0. The van der Waals surface area contributed by atoms with Crippen molar-refractivity contribution in [3.05, 3.63) is 252 Å². The summed E-state index contributed by atoms with van der Waals surface area (Å²) >= 11 is 0. The van der Waals surface area contributed by atoms with Gasteiger partial charge < -0.3 is 4.90 Å². The lowest BCUT2D eigenvalue weighted by molar-refractivity contribution is 0.986. The van der Waals surface area contributed by atoms with Crippen LogP contribution in [0.15, 0.2) is 235 Å². The van der Waals surface area contributed by atoms with Crippen LogP contribution in [0.5, 0.6) is 0 Å². The van der Waals surface area contributed by atoms with Gasteiger partial charge in [-0.05, 0) is 127 Å². The Morgan fingerprint density at radius 1 is 0.441 bits per heavy atom. The first-order valence-electron chi connectivity index (χ1n) is 20.8. The second-order valence-corrected chi connectivity index (χ2v) is 15.5.